The molecule has 168 valence electrons. The highest BCUT2D eigenvalue weighted by molar-refractivity contribution is 5.94. The topological polar surface area (TPSA) is 171 Å². The monoisotopic (exact) mass is 416 g/mol. The second kappa shape index (κ2) is 12.4. The van der Waals surface area contributed by atoms with Crippen molar-refractivity contribution in [2.75, 3.05) is 0 Å². The van der Waals surface area contributed by atoms with Crippen LogP contribution in [0.15, 0.2) is 0 Å². The Morgan fingerprint density at radius 2 is 1.38 bits per heavy atom. The Bertz CT molecular complexity index is 581. The summed E-state index contributed by atoms with van der Waals surface area (Å²) in [6.45, 7) is 10.0. The molecule has 6 unspecified atom stereocenters. The predicted molar refractivity (Wildman–Crippen MR) is 108 cm³/mol. The molecule has 0 aromatic heterocycles. The highest BCUT2D eigenvalue weighted by atomic mass is 16.4. The van der Waals surface area contributed by atoms with Crippen molar-refractivity contribution in [1.82, 2.24) is 16.0 Å². The van der Waals surface area contributed by atoms with E-state index in [0.717, 1.165) is 0 Å². The number of rotatable bonds is 12. The Hall–Kier alpha value is -2.20. The van der Waals surface area contributed by atoms with E-state index in [1.54, 1.807) is 13.8 Å². The van der Waals surface area contributed by atoms with Gasteiger partial charge in [-0.05, 0) is 32.1 Å². The summed E-state index contributed by atoms with van der Waals surface area (Å²) in [6, 6.07) is -4.30. The molecule has 0 heterocycles. The van der Waals surface area contributed by atoms with Gasteiger partial charge in [-0.2, -0.15) is 0 Å². The summed E-state index contributed by atoms with van der Waals surface area (Å²) in [6.07, 6.45) is -0.275. The molecule has 0 aromatic rings. The maximum absolute atomic E-state index is 12.5. The number of aliphatic carboxylic acids is 1. The van der Waals surface area contributed by atoms with Gasteiger partial charge in [-0.25, -0.2) is 4.79 Å². The summed E-state index contributed by atoms with van der Waals surface area (Å²) in [7, 11) is 0. The SMILES string of the molecule is CCC(C)C(NC(=O)C(C)NC(=O)C(NC(=O)C(N)CC(C)C)C(C)O)C(=O)O. The molecule has 0 aromatic carbocycles. The van der Waals surface area contributed by atoms with Crippen molar-refractivity contribution in [3.8, 4) is 0 Å². The molecule has 10 heteroatoms. The van der Waals surface area contributed by atoms with Gasteiger partial charge in [-0.1, -0.05) is 34.1 Å². The van der Waals surface area contributed by atoms with Crippen LogP contribution in [0.3, 0.4) is 0 Å². The van der Waals surface area contributed by atoms with Crippen molar-refractivity contribution in [2.24, 2.45) is 17.6 Å². The van der Waals surface area contributed by atoms with Crippen molar-refractivity contribution >= 4 is 23.7 Å². The van der Waals surface area contributed by atoms with Gasteiger partial charge in [-0.3, -0.25) is 14.4 Å². The predicted octanol–water partition coefficient (Wildman–Crippen LogP) is -0.654. The molecule has 0 saturated heterocycles. The standard InChI is InChI=1S/C19H36N4O6/c1-7-10(4)14(19(28)29)22-16(25)11(5)21-18(27)15(12(6)24)23-17(26)13(20)8-9(2)3/h9-15,24H,7-8,20H2,1-6H3,(H,21,27)(H,22,25)(H,23,26)(H,28,29). The second-order valence-electron chi connectivity index (χ2n) is 7.90. The Morgan fingerprint density at radius 1 is 0.862 bits per heavy atom. The maximum Gasteiger partial charge on any atom is 0.326 e. The summed E-state index contributed by atoms with van der Waals surface area (Å²) in [5.74, 6) is -3.34. The number of nitrogens with one attached hydrogen (secondary N) is 3. The summed E-state index contributed by atoms with van der Waals surface area (Å²) in [5, 5.41) is 26.3. The number of amides is 3. The third-order valence-electron chi connectivity index (χ3n) is 4.65. The number of carboxylic acids is 1. The minimum atomic E-state index is -1.30. The number of hydrogen-bond acceptors (Lipinski definition) is 6. The number of aliphatic hydroxyl groups excluding tert-OH is 1. The third-order valence-corrected chi connectivity index (χ3v) is 4.65. The first-order valence-electron chi connectivity index (χ1n) is 9.89. The molecule has 0 fully saturated rings. The van der Waals surface area contributed by atoms with Gasteiger partial charge < -0.3 is 31.9 Å². The second-order valence-corrected chi connectivity index (χ2v) is 7.90. The van der Waals surface area contributed by atoms with E-state index >= 15 is 0 Å². The van der Waals surface area contributed by atoms with Gasteiger partial charge in [0, 0.05) is 0 Å². The first-order valence-corrected chi connectivity index (χ1v) is 9.89. The molecule has 0 aliphatic heterocycles. The molecule has 0 spiro atoms. The van der Waals surface area contributed by atoms with Gasteiger partial charge in [0.05, 0.1) is 12.1 Å². The molecule has 6 atom stereocenters. The summed E-state index contributed by atoms with van der Waals surface area (Å²) < 4.78 is 0. The minimum Gasteiger partial charge on any atom is -0.480 e. The average molecular weight is 417 g/mol. The zero-order valence-electron chi connectivity index (χ0n) is 18.1. The first kappa shape index (κ1) is 26.8. The Kier molecular flexibility index (Phi) is 11.4. The minimum absolute atomic E-state index is 0.172. The van der Waals surface area contributed by atoms with Crippen LogP contribution in [-0.2, 0) is 19.2 Å². The Labute approximate surface area is 172 Å². The van der Waals surface area contributed by atoms with Gasteiger partial charge in [0.2, 0.25) is 17.7 Å². The lowest BCUT2D eigenvalue weighted by atomic mass is 9.99. The van der Waals surface area contributed by atoms with Crippen molar-refractivity contribution in [3.63, 3.8) is 0 Å². The molecule has 0 bridgehead atoms. The number of carbonyl (C=O) groups excluding carboxylic acids is 3. The fourth-order valence-corrected chi connectivity index (χ4v) is 2.61. The molecular formula is C19H36N4O6. The molecule has 29 heavy (non-hydrogen) atoms. The van der Waals surface area contributed by atoms with Gasteiger partial charge in [-0.15, -0.1) is 0 Å². The molecular weight excluding hydrogens is 380 g/mol. The summed E-state index contributed by atoms with van der Waals surface area (Å²) >= 11 is 0. The number of aliphatic hydroxyl groups is 1. The summed E-state index contributed by atoms with van der Waals surface area (Å²) in [4.78, 5) is 48.3. The van der Waals surface area contributed by atoms with Crippen LogP contribution in [0.2, 0.25) is 0 Å². The van der Waals surface area contributed by atoms with Crippen LogP contribution in [0.4, 0.5) is 0 Å². The van der Waals surface area contributed by atoms with Crippen molar-refractivity contribution in [3.05, 3.63) is 0 Å². The third kappa shape index (κ3) is 9.23. The normalized spacial score (nSPS) is 17.4. The largest absolute Gasteiger partial charge is 0.480 e. The van der Waals surface area contributed by atoms with E-state index in [4.69, 9.17) is 5.73 Å². The molecule has 3 amide bonds. The molecule has 10 nitrogen and oxygen atoms in total. The maximum atomic E-state index is 12.5. The molecule has 0 radical (unpaired) electrons. The van der Waals surface area contributed by atoms with Crippen LogP contribution >= 0.6 is 0 Å². The van der Waals surface area contributed by atoms with Crippen LogP contribution in [0.1, 0.15) is 54.4 Å². The van der Waals surface area contributed by atoms with Crippen LogP contribution in [-0.4, -0.2) is 64.2 Å². The average Bonchev–Trinajstić information content (AvgIpc) is 2.61. The number of nitrogens with two attached hydrogens (primary N) is 1. The van der Waals surface area contributed by atoms with Crippen LogP contribution in [0.25, 0.3) is 0 Å². The van der Waals surface area contributed by atoms with Gasteiger partial charge in [0.15, 0.2) is 0 Å². The molecule has 0 saturated carbocycles. The number of hydrogen-bond donors (Lipinski definition) is 6. The van der Waals surface area contributed by atoms with Crippen molar-refractivity contribution < 1.29 is 29.4 Å². The fourth-order valence-electron chi connectivity index (χ4n) is 2.61. The number of carbonyl (C=O) groups is 4. The Morgan fingerprint density at radius 3 is 1.79 bits per heavy atom. The van der Waals surface area contributed by atoms with Gasteiger partial charge in [0.25, 0.3) is 0 Å². The highest BCUT2D eigenvalue weighted by Gasteiger charge is 2.31. The lowest BCUT2D eigenvalue weighted by Gasteiger charge is -2.26. The van der Waals surface area contributed by atoms with E-state index < -0.39 is 54.0 Å². The fraction of sp³-hybridized carbons (Fsp3) is 0.789. The number of carboxylic acid groups (broad SMARTS) is 1. The van der Waals surface area contributed by atoms with Crippen molar-refractivity contribution in [2.45, 2.75) is 84.7 Å². The van der Waals surface area contributed by atoms with Gasteiger partial charge >= 0.3 is 5.97 Å². The zero-order chi connectivity index (χ0) is 22.9. The van der Waals surface area contributed by atoms with Crippen molar-refractivity contribution in [1.29, 1.82) is 0 Å². The molecule has 0 rings (SSSR count). The van der Waals surface area contributed by atoms with E-state index in [9.17, 15) is 29.4 Å². The quantitative estimate of drug-likeness (QED) is 0.245. The van der Waals surface area contributed by atoms with Gasteiger partial charge in [0.1, 0.15) is 18.1 Å². The zero-order valence-corrected chi connectivity index (χ0v) is 18.1. The van der Waals surface area contributed by atoms with E-state index in [-0.39, 0.29) is 11.8 Å². The molecule has 0 aliphatic carbocycles. The molecule has 7 N–H and O–H groups in total. The van der Waals surface area contributed by atoms with Crippen LogP contribution in [0.5, 0.6) is 0 Å². The Balaban J connectivity index is 5.02. The van der Waals surface area contributed by atoms with E-state index in [2.05, 4.69) is 16.0 Å². The summed E-state index contributed by atoms with van der Waals surface area (Å²) in [5.41, 5.74) is 5.80. The highest BCUT2D eigenvalue weighted by Crippen LogP contribution is 2.08. The van der Waals surface area contributed by atoms with E-state index in [0.29, 0.717) is 12.8 Å². The lowest BCUT2D eigenvalue weighted by Crippen LogP contribution is -2.59. The van der Waals surface area contributed by atoms with E-state index in [1.165, 1.54) is 13.8 Å². The molecule has 0 aliphatic rings. The first-order chi connectivity index (χ1) is 13.3. The van der Waals surface area contributed by atoms with E-state index in [1.807, 2.05) is 13.8 Å². The lowest BCUT2D eigenvalue weighted by molar-refractivity contribution is -0.143. The van der Waals surface area contributed by atoms with Crippen LogP contribution in [0, 0.1) is 11.8 Å². The smallest absolute Gasteiger partial charge is 0.326 e. The van der Waals surface area contributed by atoms with Crippen LogP contribution < -0.4 is 21.7 Å².